The highest BCUT2D eigenvalue weighted by atomic mass is 16.5. The molecule has 3 N–H and O–H groups in total. The summed E-state index contributed by atoms with van der Waals surface area (Å²) in [7, 11) is 5.14. The zero-order valence-electron chi connectivity index (χ0n) is 20.0. The fraction of sp³-hybridized carbons (Fsp3) is 0.360. The Hall–Kier alpha value is -3.56. The number of benzene rings is 2. The maximum absolute atomic E-state index is 13.8. The summed E-state index contributed by atoms with van der Waals surface area (Å²) in [6.45, 7) is 3.72. The number of ketones is 1. The average molecular weight is 466 g/mol. The van der Waals surface area contributed by atoms with Crippen LogP contribution in [-0.4, -0.2) is 67.8 Å². The zero-order chi connectivity index (χ0) is 24.2. The van der Waals surface area contributed by atoms with Crippen LogP contribution in [-0.2, 0) is 9.53 Å². The molecule has 1 aliphatic heterocycles. The van der Waals surface area contributed by atoms with Crippen LogP contribution in [0.25, 0.3) is 16.6 Å². The van der Waals surface area contributed by atoms with E-state index in [9.17, 15) is 4.79 Å². The fourth-order valence-electron chi connectivity index (χ4n) is 4.17. The van der Waals surface area contributed by atoms with Crippen LogP contribution in [0.4, 0.5) is 5.69 Å². The van der Waals surface area contributed by atoms with Gasteiger partial charge < -0.3 is 29.8 Å². The first kappa shape index (κ1) is 23.6. The highest BCUT2D eigenvalue weighted by molar-refractivity contribution is 6.27. The van der Waals surface area contributed by atoms with Gasteiger partial charge >= 0.3 is 0 Å². The van der Waals surface area contributed by atoms with Gasteiger partial charge in [-0.1, -0.05) is 12.1 Å². The van der Waals surface area contributed by atoms with Crippen LogP contribution in [0.5, 0.6) is 11.5 Å². The number of hydrogen-bond acceptors (Lipinski definition) is 8. The summed E-state index contributed by atoms with van der Waals surface area (Å²) < 4.78 is 16.4. The van der Waals surface area contributed by atoms with Crippen molar-refractivity contribution in [3.8, 4) is 11.5 Å². The molecule has 0 fully saturated rings. The molecule has 9 nitrogen and oxygen atoms in total. The Labute approximate surface area is 199 Å². The van der Waals surface area contributed by atoms with Crippen molar-refractivity contribution in [1.82, 2.24) is 14.9 Å². The number of methoxy groups -OCH3 is 2. The number of aromatic nitrogens is 2. The first-order valence-electron chi connectivity index (χ1n) is 11.2. The maximum Gasteiger partial charge on any atom is 0.193 e. The molecule has 4 rings (SSSR count). The number of H-pyrrole nitrogens is 1. The smallest absolute Gasteiger partial charge is 0.193 e. The second-order valence-corrected chi connectivity index (χ2v) is 8.17. The van der Waals surface area contributed by atoms with Gasteiger partial charge in [0.05, 0.1) is 37.7 Å². The molecule has 34 heavy (non-hydrogen) atoms. The number of nitrogens with two attached hydrogens (primary N) is 1. The SMILES string of the molecule is CCOCN(C)CCC1C(=O)C(c2nc3ccccc3[nH]2)=C(N)N1c1cc(OC)cc(OC)c1. The molecular formula is C25H31N5O4. The van der Waals surface area contributed by atoms with E-state index >= 15 is 0 Å². The van der Waals surface area contributed by atoms with Gasteiger partial charge in [0.25, 0.3) is 0 Å². The van der Waals surface area contributed by atoms with E-state index in [4.69, 9.17) is 19.9 Å². The van der Waals surface area contributed by atoms with Gasteiger partial charge in [-0.2, -0.15) is 0 Å². The van der Waals surface area contributed by atoms with Gasteiger partial charge in [-0.05, 0) is 32.5 Å². The van der Waals surface area contributed by atoms with Crippen molar-refractivity contribution >= 4 is 28.1 Å². The number of hydrogen-bond donors (Lipinski definition) is 2. The van der Waals surface area contributed by atoms with E-state index in [1.54, 1.807) is 20.3 Å². The number of carbonyl (C=O) groups excluding carboxylic acids is 1. The van der Waals surface area contributed by atoms with E-state index in [0.29, 0.717) is 60.7 Å². The van der Waals surface area contributed by atoms with Gasteiger partial charge in [0.2, 0.25) is 0 Å². The average Bonchev–Trinajstić information content (AvgIpc) is 3.38. The summed E-state index contributed by atoms with van der Waals surface area (Å²) in [5.74, 6) is 1.95. The van der Waals surface area contributed by atoms with Crippen LogP contribution < -0.4 is 20.1 Å². The molecule has 1 unspecified atom stereocenters. The molecule has 0 bridgehead atoms. The molecule has 0 spiro atoms. The molecule has 0 amide bonds. The van der Waals surface area contributed by atoms with Crippen LogP contribution in [0.2, 0.25) is 0 Å². The summed E-state index contributed by atoms with van der Waals surface area (Å²) in [4.78, 5) is 25.5. The van der Waals surface area contributed by atoms with Crippen LogP contribution >= 0.6 is 0 Å². The van der Waals surface area contributed by atoms with Crippen molar-refractivity contribution in [3.05, 3.63) is 54.1 Å². The normalized spacial score (nSPS) is 16.2. The number of fused-ring (bicyclic) bond motifs is 1. The molecule has 0 radical (unpaired) electrons. The molecule has 2 aromatic carbocycles. The Kier molecular flexibility index (Phi) is 7.04. The van der Waals surface area contributed by atoms with Crippen molar-refractivity contribution in [2.75, 3.05) is 46.0 Å². The third-order valence-corrected chi connectivity index (χ3v) is 5.92. The summed E-state index contributed by atoms with van der Waals surface area (Å²) in [5, 5.41) is 0. The van der Waals surface area contributed by atoms with Crippen molar-refractivity contribution in [3.63, 3.8) is 0 Å². The highest BCUT2D eigenvalue weighted by Crippen LogP contribution is 2.38. The number of anilines is 1. The lowest BCUT2D eigenvalue weighted by Crippen LogP contribution is -2.39. The van der Waals surface area contributed by atoms with Gasteiger partial charge in [-0.15, -0.1) is 0 Å². The maximum atomic E-state index is 13.8. The van der Waals surface area contributed by atoms with Crippen LogP contribution in [0, 0.1) is 0 Å². The fourth-order valence-corrected chi connectivity index (χ4v) is 4.17. The molecule has 0 aliphatic carbocycles. The topological polar surface area (TPSA) is 106 Å². The number of Topliss-reactive ketones (excluding diaryl/α,β-unsaturated/α-hetero) is 1. The predicted octanol–water partition coefficient (Wildman–Crippen LogP) is 2.98. The third-order valence-electron chi connectivity index (χ3n) is 5.92. The molecular weight excluding hydrogens is 434 g/mol. The predicted molar refractivity (Wildman–Crippen MR) is 132 cm³/mol. The van der Waals surface area contributed by atoms with E-state index in [1.807, 2.05) is 60.2 Å². The van der Waals surface area contributed by atoms with Crippen LogP contribution in [0.15, 0.2) is 48.3 Å². The Morgan fingerprint density at radius 3 is 2.50 bits per heavy atom. The zero-order valence-corrected chi connectivity index (χ0v) is 20.0. The summed E-state index contributed by atoms with van der Waals surface area (Å²) >= 11 is 0. The standard InChI is InChI=1S/C25H31N5O4/c1-5-34-15-29(2)11-10-21-23(31)22(25-27-19-8-6-7-9-20(19)28-25)24(26)30(21)16-12-17(32-3)14-18(13-16)33-4/h6-9,12-14,21H,5,10-11,15,26H2,1-4H3,(H,27,28). The third kappa shape index (κ3) is 4.57. The number of ether oxygens (including phenoxy) is 3. The molecule has 3 aromatic rings. The van der Waals surface area contributed by atoms with E-state index in [2.05, 4.69) is 9.97 Å². The number of rotatable bonds is 10. The monoisotopic (exact) mass is 465 g/mol. The lowest BCUT2D eigenvalue weighted by atomic mass is 10.0. The number of para-hydroxylation sites is 2. The van der Waals surface area contributed by atoms with Crippen molar-refractivity contribution in [2.45, 2.75) is 19.4 Å². The first-order valence-corrected chi connectivity index (χ1v) is 11.2. The first-order chi connectivity index (χ1) is 16.5. The van der Waals surface area contributed by atoms with E-state index in [0.717, 1.165) is 11.0 Å². The van der Waals surface area contributed by atoms with Gasteiger partial charge in [0, 0.05) is 31.4 Å². The van der Waals surface area contributed by atoms with E-state index < -0.39 is 6.04 Å². The molecule has 1 atom stereocenters. The minimum atomic E-state index is -0.510. The number of carbonyl (C=O) groups is 1. The second kappa shape index (κ2) is 10.1. The number of nitrogens with zero attached hydrogens (tertiary/aromatic N) is 3. The second-order valence-electron chi connectivity index (χ2n) is 8.17. The van der Waals surface area contributed by atoms with E-state index in [-0.39, 0.29) is 5.78 Å². The molecule has 1 aromatic heterocycles. The molecule has 180 valence electrons. The largest absolute Gasteiger partial charge is 0.497 e. The Morgan fingerprint density at radius 1 is 1.15 bits per heavy atom. The molecule has 1 aliphatic rings. The quantitative estimate of drug-likeness (QED) is 0.440. The number of nitrogens with one attached hydrogen (secondary N) is 1. The van der Waals surface area contributed by atoms with Gasteiger partial charge in [0.1, 0.15) is 34.8 Å². The van der Waals surface area contributed by atoms with Gasteiger partial charge in [0.15, 0.2) is 5.78 Å². The van der Waals surface area contributed by atoms with Crippen molar-refractivity contribution in [2.24, 2.45) is 5.73 Å². The van der Waals surface area contributed by atoms with Gasteiger partial charge in [-0.25, -0.2) is 4.98 Å². The Balaban J connectivity index is 1.75. The minimum absolute atomic E-state index is 0.0804. The van der Waals surface area contributed by atoms with Gasteiger partial charge in [-0.3, -0.25) is 9.69 Å². The highest BCUT2D eigenvalue weighted by Gasteiger charge is 2.41. The minimum Gasteiger partial charge on any atom is -0.497 e. The van der Waals surface area contributed by atoms with E-state index in [1.165, 1.54) is 0 Å². The lowest BCUT2D eigenvalue weighted by Gasteiger charge is -2.29. The molecule has 0 saturated heterocycles. The number of aromatic amines is 1. The number of imidazole rings is 1. The van der Waals surface area contributed by atoms with Crippen LogP contribution in [0.1, 0.15) is 19.2 Å². The van der Waals surface area contributed by atoms with Crippen molar-refractivity contribution < 1.29 is 19.0 Å². The summed E-state index contributed by atoms with van der Waals surface area (Å²) in [6, 6.07) is 12.6. The summed E-state index contributed by atoms with van der Waals surface area (Å²) in [6.07, 6.45) is 0.548. The Bertz CT molecular complexity index is 1150. The molecule has 2 heterocycles. The Morgan fingerprint density at radius 2 is 1.85 bits per heavy atom. The summed E-state index contributed by atoms with van der Waals surface area (Å²) in [5.41, 5.74) is 9.39. The van der Waals surface area contributed by atoms with Crippen LogP contribution in [0.3, 0.4) is 0 Å². The lowest BCUT2D eigenvalue weighted by molar-refractivity contribution is -0.114. The van der Waals surface area contributed by atoms with Crippen molar-refractivity contribution in [1.29, 1.82) is 0 Å². The molecule has 9 heteroatoms. The molecule has 0 saturated carbocycles.